The van der Waals surface area contributed by atoms with E-state index < -0.39 is 0 Å². The van der Waals surface area contributed by atoms with Crippen LogP contribution >= 0.6 is 0 Å². The van der Waals surface area contributed by atoms with Gasteiger partial charge in [-0.25, -0.2) is 0 Å². The molecule has 2 aliphatic rings. The molecule has 17 aromatic carbocycles. The topological polar surface area (TPSA) is 6.48 Å². The highest BCUT2D eigenvalue weighted by Gasteiger charge is 2.46. The molecule has 105 heavy (non-hydrogen) atoms. The largest absolute Gasteiger partial charge is 0.310 e. The van der Waals surface area contributed by atoms with E-state index in [9.17, 15) is 0 Å². The van der Waals surface area contributed by atoms with Crippen LogP contribution in [0, 0.1) is 0 Å². The highest BCUT2D eigenvalue weighted by molar-refractivity contribution is 7.00. The summed E-state index contributed by atoms with van der Waals surface area (Å²) >= 11 is 0. The number of fused-ring (bicyclic) bond motifs is 6. The van der Waals surface area contributed by atoms with Gasteiger partial charge in [0.25, 0.3) is 6.71 Å². The van der Waals surface area contributed by atoms with Crippen LogP contribution in [-0.2, 0) is 5.41 Å². The van der Waals surface area contributed by atoms with Crippen molar-refractivity contribution < 1.29 is 0 Å². The summed E-state index contributed by atoms with van der Waals surface area (Å²) < 4.78 is 0. The lowest BCUT2D eigenvalue weighted by Gasteiger charge is -2.46. The molecule has 0 N–H and O–H groups in total. The molecule has 17 aromatic rings. The van der Waals surface area contributed by atoms with Crippen LogP contribution in [0.2, 0.25) is 0 Å². The lowest BCUT2D eigenvalue weighted by Crippen LogP contribution is -2.61. The zero-order chi connectivity index (χ0) is 70.1. The Labute approximate surface area is 615 Å². The average molecular weight is 1340 g/mol. The smallest absolute Gasteiger partial charge is 0.252 e. The van der Waals surface area contributed by atoms with Crippen molar-refractivity contribution in [2.24, 2.45) is 0 Å². The molecule has 0 aliphatic carbocycles. The molecule has 19 rings (SSSR count). The van der Waals surface area contributed by atoms with Gasteiger partial charge in [0.2, 0.25) is 0 Å². The molecule has 0 spiro atoms. The number of hydrogen-bond acceptors (Lipinski definition) is 2. The molecule has 3 heteroatoms. The van der Waals surface area contributed by atoms with Crippen molar-refractivity contribution in [2.75, 3.05) is 9.80 Å². The Hall–Kier alpha value is -13.1. The lowest BCUT2D eigenvalue weighted by molar-refractivity contribution is 0.590. The van der Waals surface area contributed by atoms with Gasteiger partial charge in [0.05, 0.1) is 11.4 Å². The highest BCUT2D eigenvalue weighted by Crippen LogP contribution is 2.56. The Kier molecular flexibility index (Phi) is 15.6. The Bertz CT molecular complexity index is 6020. The van der Waals surface area contributed by atoms with Gasteiger partial charge < -0.3 is 9.80 Å². The molecule has 2 nitrogen and oxygen atoms in total. The predicted molar refractivity (Wildman–Crippen MR) is 449 cm³/mol. The fourth-order valence-corrected chi connectivity index (χ4v) is 16.8. The number of nitrogens with zero attached hydrogens (tertiary/aromatic N) is 2. The van der Waals surface area contributed by atoms with Gasteiger partial charge in [-0.2, -0.15) is 0 Å². The van der Waals surface area contributed by atoms with Crippen molar-refractivity contribution in [3.63, 3.8) is 0 Å². The summed E-state index contributed by atoms with van der Waals surface area (Å²) in [5.74, 6) is 0. The second-order valence-electron chi connectivity index (χ2n) is 29.0. The minimum atomic E-state index is -0.333. The van der Waals surface area contributed by atoms with Gasteiger partial charge in [-0.05, 0) is 193 Å². The lowest BCUT2D eigenvalue weighted by atomic mass is 9.33. The van der Waals surface area contributed by atoms with E-state index in [-0.39, 0.29) is 12.1 Å². The van der Waals surface area contributed by atoms with Crippen LogP contribution in [0.1, 0.15) is 26.3 Å². The number of benzene rings is 17. The summed E-state index contributed by atoms with van der Waals surface area (Å²) in [4.78, 5) is 5.42. The maximum atomic E-state index is 2.72. The van der Waals surface area contributed by atoms with Gasteiger partial charge in [-0.1, -0.05) is 354 Å². The minimum absolute atomic E-state index is 0.227. The standard InChI is InChI=1S/C102H73BN2/c1-102(2,3)82-66-95-99-96(67-82)105(101-88(73-43-23-9-24-44-73)62-81(70-37-17-6-18-38-70)63-89(101)74-45-25-10-26-46-74)94-65-79(77-53-56-85-90(59-77)98(76-49-29-12-30-50-76)84-52-32-31-51-83(84)97(85)75-47-27-11-28-48-75)55-58-92(94)103(99)91-57-54-78(68-33-13-4-14-34-68)64-93(91)104(95)100-86(71-39-19-7-20-40-71)60-80(69-35-15-5-16-36-69)61-87(100)72-41-21-8-22-42-72/h4-67H,1-3H3. The quantitative estimate of drug-likeness (QED) is 0.0888. The number of rotatable bonds is 12. The summed E-state index contributed by atoms with van der Waals surface area (Å²) in [5.41, 5.74) is 34.5. The summed E-state index contributed by atoms with van der Waals surface area (Å²) in [6.45, 7) is 6.94. The van der Waals surface area contributed by atoms with Gasteiger partial charge in [-0.15, -0.1) is 0 Å². The molecule has 0 saturated carbocycles. The number of anilines is 6. The third-order valence-corrected chi connectivity index (χ3v) is 21.7. The van der Waals surface area contributed by atoms with E-state index in [1.165, 1.54) is 65.8 Å². The van der Waals surface area contributed by atoms with Gasteiger partial charge in [-0.3, -0.25) is 0 Å². The summed E-state index contributed by atoms with van der Waals surface area (Å²) in [6.07, 6.45) is 0. The van der Waals surface area contributed by atoms with E-state index in [1.807, 2.05) is 0 Å². The third-order valence-electron chi connectivity index (χ3n) is 21.7. The van der Waals surface area contributed by atoms with Crippen LogP contribution in [0.3, 0.4) is 0 Å². The van der Waals surface area contributed by atoms with Crippen LogP contribution in [0.4, 0.5) is 34.1 Å². The van der Waals surface area contributed by atoms with Gasteiger partial charge in [0.15, 0.2) is 0 Å². The second kappa shape index (κ2) is 26.1. The van der Waals surface area contributed by atoms with Gasteiger partial charge in [0.1, 0.15) is 0 Å². The first-order valence-electron chi connectivity index (χ1n) is 36.7. The van der Waals surface area contributed by atoms with Crippen LogP contribution in [-0.4, -0.2) is 6.71 Å². The van der Waals surface area contributed by atoms with Crippen LogP contribution in [0.5, 0.6) is 0 Å². The molecule has 0 unspecified atom stereocenters. The Balaban J connectivity index is 0.966. The first-order chi connectivity index (χ1) is 51.8. The Morgan fingerprint density at radius 2 is 0.486 bits per heavy atom. The van der Waals surface area contributed by atoms with E-state index in [0.29, 0.717) is 0 Å². The molecular formula is C102H73BN2. The fourth-order valence-electron chi connectivity index (χ4n) is 16.8. The molecule has 0 amide bonds. The number of hydrogen-bond donors (Lipinski definition) is 0. The fraction of sp³-hybridized carbons (Fsp3) is 0.0392. The highest BCUT2D eigenvalue weighted by atomic mass is 15.2. The second-order valence-corrected chi connectivity index (χ2v) is 29.0. The van der Waals surface area contributed by atoms with Crippen LogP contribution in [0.15, 0.2) is 388 Å². The molecule has 0 fully saturated rings. The van der Waals surface area contributed by atoms with Crippen LogP contribution < -0.4 is 26.2 Å². The van der Waals surface area contributed by atoms with E-state index in [1.54, 1.807) is 0 Å². The predicted octanol–water partition coefficient (Wildman–Crippen LogP) is 26.0. The van der Waals surface area contributed by atoms with Crippen molar-refractivity contribution in [1.82, 2.24) is 0 Å². The van der Waals surface area contributed by atoms with E-state index >= 15 is 0 Å². The van der Waals surface area contributed by atoms with Crippen molar-refractivity contribution in [3.8, 4) is 111 Å². The zero-order valence-corrected chi connectivity index (χ0v) is 58.9. The Morgan fingerprint density at radius 1 is 0.210 bits per heavy atom. The molecule has 0 bridgehead atoms. The average Bonchev–Trinajstić information content (AvgIpc) is 0.686. The first kappa shape index (κ1) is 62.9. The summed E-state index contributed by atoms with van der Waals surface area (Å²) in [7, 11) is 0. The molecule has 0 aromatic heterocycles. The van der Waals surface area contributed by atoms with Crippen molar-refractivity contribution in [2.45, 2.75) is 26.2 Å². The van der Waals surface area contributed by atoms with Crippen LogP contribution in [0.25, 0.3) is 133 Å². The summed E-state index contributed by atoms with van der Waals surface area (Å²) in [6, 6.07) is 145. The molecule has 0 saturated heterocycles. The Morgan fingerprint density at radius 3 is 0.838 bits per heavy atom. The molecule has 0 atom stereocenters. The van der Waals surface area contributed by atoms with E-state index in [2.05, 4.69) is 419 Å². The molecule has 494 valence electrons. The SMILES string of the molecule is CC(C)(C)c1cc2c3c(c1)N(c1c(-c4ccccc4)cc(-c4ccccc4)cc1-c1ccccc1)c1cc(-c4ccc5c(-c6ccccc6)c6ccccc6c(-c6ccccc6)c5c4)ccc1B3c1ccc(-c3ccccc3)cc1N2c1c(-c2ccccc2)cc(-c2ccccc2)cc1-c1ccccc1. The summed E-state index contributed by atoms with van der Waals surface area (Å²) in [5, 5.41) is 4.89. The van der Waals surface area contributed by atoms with E-state index in [4.69, 9.17) is 0 Å². The monoisotopic (exact) mass is 1340 g/mol. The molecule has 2 aliphatic heterocycles. The molecule has 2 heterocycles. The molecule has 0 radical (unpaired) electrons. The van der Waals surface area contributed by atoms with Crippen molar-refractivity contribution in [1.29, 1.82) is 0 Å². The maximum Gasteiger partial charge on any atom is 0.252 e. The third kappa shape index (κ3) is 11.1. The van der Waals surface area contributed by atoms with Gasteiger partial charge >= 0.3 is 0 Å². The first-order valence-corrected chi connectivity index (χ1v) is 36.7. The normalized spacial score (nSPS) is 12.3. The van der Waals surface area contributed by atoms with E-state index in [0.717, 1.165) is 123 Å². The van der Waals surface area contributed by atoms with Crippen molar-refractivity contribution in [3.05, 3.63) is 394 Å². The molecular weight excluding hydrogens is 1260 g/mol. The zero-order valence-electron chi connectivity index (χ0n) is 58.9. The van der Waals surface area contributed by atoms with Crippen molar-refractivity contribution >= 4 is 78.8 Å². The minimum Gasteiger partial charge on any atom is -0.310 e. The maximum absolute atomic E-state index is 2.72. The van der Waals surface area contributed by atoms with Gasteiger partial charge in [0, 0.05) is 45.0 Å².